The molecule has 4 nitrogen and oxygen atoms in total. The van der Waals surface area contributed by atoms with E-state index in [4.69, 9.17) is 9.94 Å². The van der Waals surface area contributed by atoms with Gasteiger partial charge in [0, 0.05) is 5.56 Å². The van der Waals surface area contributed by atoms with E-state index in [0.717, 1.165) is 0 Å². The highest BCUT2D eigenvalue weighted by Crippen LogP contribution is 2.29. The minimum absolute atomic E-state index is 0.0238. The topological polar surface area (TPSA) is 51.0 Å². The van der Waals surface area contributed by atoms with Crippen LogP contribution in [-0.4, -0.2) is 30.8 Å². The minimum Gasteiger partial charge on any atom is -0.493 e. The maximum Gasteiger partial charge on any atom is 0.422 e. The van der Waals surface area contributed by atoms with Crippen molar-refractivity contribution in [3.8, 4) is 11.5 Å². The van der Waals surface area contributed by atoms with Crippen LogP contribution in [0.2, 0.25) is 0 Å². The molecule has 7 heteroatoms. The second kappa shape index (κ2) is 5.61. The number of hydrogen-bond acceptors (Lipinski definition) is 4. The van der Waals surface area contributed by atoms with Crippen molar-refractivity contribution in [1.82, 2.24) is 0 Å². The summed E-state index contributed by atoms with van der Waals surface area (Å²) in [6.45, 7) is 0.154. The van der Waals surface area contributed by atoms with Crippen LogP contribution in [-0.2, 0) is 0 Å². The normalized spacial score (nSPS) is 12.4. The van der Waals surface area contributed by atoms with Crippen LogP contribution in [0, 0.1) is 0 Å². The van der Waals surface area contributed by atoms with Gasteiger partial charge in [0.15, 0.2) is 18.1 Å². The predicted octanol–water partition coefficient (Wildman–Crippen LogP) is 2.83. The average molecular weight is 263 g/mol. The lowest BCUT2D eigenvalue weighted by atomic mass is 10.1. The summed E-state index contributed by atoms with van der Waals surface area (Å²) in [4.78, 5) is 0. The Bertz CT molecular complexity index is 444. The molecule has 1 aromatic rings. The van der Waals surface area contributed by atoms with E-state index in [1.165, 1.54) is 25.3 Å². The van der Waals surface area contributed by atoms with Crippen LogP contribution in [0.25, 0.3) is 0 Å². The summed E-state index contributed by atoms with van der Waals surface area (Å²) in [5.41, 5.74) is 0.837. The summed E-state index contributed by atoms with van der Waals surface area (Å²) in [5, 5.41) is 11.6. The number of benzene rings is 1. The second-order valence-corrected chi connectivity index (χ2v) is 3.45. The van der Waals surface area contributed by atoms with Gasteiger partial charge in [-0.05, 0) is 25.1 Å². The summed E-state index contributed by atoms with van der Waals surface area (Å²) in [6.07, 6.45) is -4.41. The predicted molar refractivity (Wildman–Crippen MR) is 58.5 cm³/mol. The fraction of sp³-hybridized carbons (Fsp3) is 0.364. The van der Waals surface area contributed by atoms with Crippen LogP contribution >= 0.6 is 0 Å². The van der Waals surface area contributed by atoms with Crippen molar-refractivity contribution in [2.24, 2.45) is 5.16 Å². The zero-order valence-electron chi connectivity index (χ0n) is 9.78. The molecule has 0 fully saturated rings. The number of oxime groups is 1. The van der Waals surface area contributed by atoms with Gasteiger partial charge in [0.2, 0.25) is 0 Å². The van der Waals surface area contributed by atoms with Gasteiger partial charge >= 0.3 is 6.18 Å². The SMILES string of the molecule is COc1cc(/C(C)=N\O)ccc1OCC(F)(F)F. The first-order valence-electron chi connectivity index (χ1n) is 4.94. The number of rotatable bonds is 4. The Hall–Kier alpha value is -1.92. The van der Waals surface area contributed by atoms with Gasteiger partial charge in [-0.1, -0.05) is 5.16 Å². The molecule has 0 saturated heterocycles. The zero-order valence-corrected chi connectivity index (χ0v) is 9.78. The van der Waals surface area contributed by atoms with Crippen molar-refractivity contribution in [3.05, 3.63) is 23.8 Å². The molecule has 0 unspecified atom stereocenters. The van der Waals surface area contributed by atoms with Crippen LogP contribution in [0.4, 0.5) is 13.2 Å². The van der Waals surface area contributed by atoms with E-state index < -0.39 is 12.8 Å². The molecular formula is C11H12F3NO3. The van der Waals surface area contributed by atoms with Crippen molar-refractivity contribution >= 4 is 5.71 Å². The molecule has 0 aromatic heterocycles. The monoisotopic (exact) mass is 263 g/mol. The van der Waals surface area contributed by atoms with Crippen molar-refractivity contribution in [3.63, 3.8) is 0 Å². The van der Waals surface area contributed by atoms with Crippen molar-refractivity contribution < 1.29 is 27.9 Å². The number of alkyl halides is 3. The Morgan fingerprint density at radius 1 is 1.33 bits per heavy atom. The van der Waals surface area contributed by atoms with Crippen LogP contribution in [0.15, 0.2) is 23.4 Å². The molecule has 0 aliphatic heterocycles. The first kappa shape index (κ1) is 14.1. The number of halogens is 3. The third kappa shape index (κ3) is 3.83. The van der Waals surface area contributed by atoms with Gasteiger partial charge in [0.25, 0.3) is 0 Å². The van der Waals surface area contributed by atoms with Crippen LogP contribution in [0.3, 0.4) is 0 Å². The molecule has 0 saturated carbocycles. The quantitative estimate of drug-likeness (QED) is 0.516. The van der Waals surface area contributed by atoms with Gasteiger partial charge in [-0.15, -0.1) is 0 Å². The number of ether oxygens (including phenoxy) is 2. The highest BCUT2D eigenvalue weighted by molar-refractivity contribution is 5.98. The number of nitrogens with zero attached hydrogens (tertiary/aromatic N) is 1. The fourth-order valence-corrected chi connectivity index (χ4v) is 1.23. The Morgan fingerprint density at radius 3 is 2.50 bits per heavy atom. The Morgan fingerprint density at radius 2 is 2.00 bits per heavy atom. The average Bonchev–Trinajstić information content (AvgIpc) is 2.34. The summed E-state index contributed by atoms with van der Waals surface area (Å²) in [5.74, 6) is 0.115. The highest BCUT2D eigenvalue weighted by atomic mass is 19.4. The summed E-state index contributed by atoms with van der Waals surface area (Å²) >= 11 is 0. The smallest absolute Gasteiger partial charge is 0.422 e. The molecule has 0 aliphatic carbocycles. The fourth-order valence-electron chi connectivity index (χ4n) is 1.23. The van der Waals surface area contributed by atoms with Gasteiger partial charge in [-0.2, -0.15) is 13.2 Å². The molecule has 1 N–H and O–H groups in total. The molecule has 1 rings (SSSR count). The summed E-state index contributed by atoms with van der Waals surface area (Å²) < 4.78 is 45.6. The van der Waals surface area contributed by atoms with E-state index in [2.05, 4.69) is 9.89 Å². The maximum atomic E-state index is 12.0. The van der Waals surface area contributed by atoms with Crippen molar-refractivity contribution in [2.45, 2.75) is 13.1 Å². The lowest BCUT2D eigenvalue weighted by molar-refractivity contribution is -0.153. The van der Waals surface area contributed by atoms with Crippen LogP contribution in [0.1, 0.15) is 12.5 Å². The Kier molecular flexibility index (Phi) is 4.41. The zero-order chi connectivity index (χ0) is 13.8. The largest absolute Gasteiger partial charge is 0.493 e. The van der Waals surface area contributed by atoms with Crippen molar-refractivity contribution in [2.75, 3.05) is 13.7 Å². The van der Waals surface area contributed by atoms with E-state index in [1.54, 1.807) is 6.92 Å². The molecule has 0 spiro atoms. The standard InChI is InChI=1S/C11H12F3NO3/c1-7(15-16)8-3-4-9(10(5-8)17-2)18-6-11(12,13)14/h3-5,16H,6H2,1-2H3/b15-7-. The third-order valence-corrected chi connectivity index (χ3v) is 2.12. The van der Waals surface area contributed by atoms with E-state index in [-0.39, 0.29) is 11.5 Å². The molecule has 0 atom stereocenters. The van der Waals surface area contributed by atoms with Gasteiger partial charge in [0.05, 0.1) is 12.8 Å². The van der Waals surface area contributed by atoms with Gasteiger partial charge in [-0.3, -0.25) is 0 Å². The first-order chi connectivity index (χ1) is 8.37. The van der Waals surface area contributed by atoms with Crippen molar-refractivity contribution in [1.29, 1.82) is 0 Å². The first-order valence-corrected chi connectivity index (χ1v) is 4.94. The van der Waals surface area contributed by atoms with Gasteiger partial charge in [0.1, 0.15) is 0 Å². The molecule has 18 heavy (non-hydrogen) atoms. The van der Waals surface area contributed by atoms with E-state index in [9.17, 15) is 13.2 Å². The number of hydrogen-bond donors (Lipinski definition) is 1. The molecule has 1 aromatic carbocycles. The van der Waals surface area contributed by atoms with Crippen LogP contribution in [0.5, 0.6) is 11.5 Å². The lowest BCUT2D eigenvalue weighted by Crippen LogP contribution is -2.19. The number of methoxy groups -OCH3 is 1. The lowest BCUT2D eigenvalue weighted by Gasteiger charge is -2.13. The van der Waals surface area contributed by atoms with Gasteiger partial charge < -0.3 is 14.7 Å². The minimum atomic E-state index is -4.41. The Balaban J connectivity index is 2.94. The molecule has 100 valence electrons. The van der Waals surface area contributed by atoms with Crippen LogP contribution < -0.4 is 9.47 Å². The van der Waals surface area contributed by atoms with Gasteiger partial charge in [-0.25, -0.2) is 0 Å². The maximum absolute atomic E-state index is 12.0. The van der Waals surface area contributed by atoms with E-state index >= 15 is 0 Å². The second-order valence-electron chi connectivity index (χ2n) is 3.45. The summed E-state index contributed by atoms with van der Waals surface area (Å²) in [6, 6.07) is 4.23. The van der Waals surface area contributed by atoms with E-state index in [1.807, 2.05) is 0 Å². The molecule has 0 heterocycles. The molecule has 0 radical (unpaired) electrons. The molecular weight excluding hydrogens is 251 g/mol. The summed E-state index contributed by atoms with van der Waals surface area (Å²) in [7, 11) is 1.31. The Labute approximate surface area is 102 Å². The highest BCUT2D eigenvalue weighted by Gasteiger charge is 2.29. The third-order valence-electron chi connectivity index (χ3n) is 2.12. The molecule has 0 aliphatic rings. The van der Waals surface area contributed by atoms with E-state index in [0.29, 0.717) is 11.3 Å². The molecule has 0 amide bonds. The molecule has 0 bridgehead atoms.